The van der Waals surface area contributed by atoms with Gasteiger partial charge in [0, 0.05) is 37.6 Å². The first kappa shape index (κ1) is 58.9. The van der Waals surface area contributed by atoms with Gasteiger partial charge in [-0.15, -0.1) is 0 Å². The smallest absolute Gasteiger partial charge is 0.243 e. The summed E-state index contributed by atoms with van der Waals surface area (Å²) in [5.41, 5.74) is 18.3. The number of hydrogen-bond donors (Lipinski definition) is 12. The van der Waals surface area contributed by atoms with Crippen molar-refractivity contribution >= 4 is 52.8 Å². The number of nitrogens with one attached hydrogen (secondary N) is 6. The lowest BCUT2D eigenvalue weighted by molar-refractivity contribution is -0.136. The summed E-state index contributed by atoms with van der Waals surface area (Å²) >= 11 is 0. The molecule has 6 amide bonds. The zero-order valence-electron chi connectivity index (χ0n) is 40.2. The number of carbonyl (C=O) groups is 9. The highest BCUT2D eigenvalue weighted by atomic mass is 16.3. The highest BCUT2D eigenvalue weighted by Gasteiger charge is 2.37. The standard InChI is InChI=1S/C47H77N9O12/c1-6-32(27(4)58)45(66)56-38(25-57)40(61)22-30-15-19-51-44(65)33(28(5)59)24-41(62)35(13-17-49)53-46(67)36(14-18-50)54-47(68)37(20-26(2)3)55-43(64)31(21-29-10-8-7-9-11-29)23-39(60)34(12-16-48)52-42(30)63/h7-11,26-28,30-38,57-59H,6,12-25,48-50H2,1-5H3,(H,51,65)(H,52,63)(H,53,67)(H,54,68)(H,55,64)(H,56,66)/t27-,28-,30-,31+,32+,33+,34+,35+,36+,37+,38+/m1/s1. The molecule has 1 heterocycles. The molecule has 1 aromatic carbocycles. The fraction of sp³-hybridized carbons (Fsp3) is 0.681. The Balaban J connectivity index is 2.73. The van der Waals surface area contributed by atoms with Gasteiger partial charge in [0.25, 0.3) is 0 Å². The topological polar surface area (TPSA) is 365 Å². The Labute approximate surface area is 399 Å². The lowest BCUT2D eigenvalue weighted by Gasteiger charge is -2.27. The minimum atomic E-state index is -1.49. The molecule has 0 radical (unpaired) electrons. The number of amides is 6. The SMILES string of the molecule is CC[C@H](C(=O)N[C@@H](CO)C(=O)C[C@H]1CCNC(=O)[C@H]([C@@H](C)O)CC(=O)[C@H](CCN)NC(=O)[C@H](CCN)NC(=O)[C@H](CC(C)C)NC(=O)[C@@H](Cc2ccccc2)CC(=O)[C@H](CCN)NC1=O)[C@@H](C)O. The molecule has 1 aliphatic rings. The molecule has 0 unspecified atom stereocenters. The summed E-state index contributed by atoms with van der Waals surface area (Å²) < 4.78 is 0. The molecule has 1 aliphatic heterocycles. The van der Waals surface area contributed by atoms with Crippen LogP contribution < -0.4 is 49.1 Å². The van der Waals surface area contributed by atoms with Crippen molar-refractivity contribution in [1.29, 1.82) is 0 Å². The average molecular weight is 960 g/mol. The van der Waals surface area contributed by atoms with Crippen molar-refractivity contribution in [2.24, 2.45) is 46.8 Å². The molecular weight excluding hydrogens is 883 g/mol. The first-order chi connectivity index (χ1) is 32.2. The van der Waals surface area contributed by atoms with Crippen LogP contribution in [-0.4, -0.2) is 143 Å². The molecule has 0 saturated carbocycles. The third-order valence-corrected chi connectivity index (χ3v) is 12.1. The van der Waals surface area contributed by atoms with E-state index in [-0.39, 0.29) is 77.0 Å². The zero-order chi connectivity index (χ0) is 51.1. The van der Waals surface area contributed by atoms with Crippen LogP contribution in [0.1, 0.15) is 98.0 Å². The summed E-state index contributed by atoms with van der Waals surface area (Å²) in [6.07, 6.45) is -4.18. The lowest BCUT2D eigenvalue weighted by Crippen LogP contribution is -2.57. The van der Waals surface area contributed by atoms with Crippen LogP contribution in [0.25, 0.3) is 0 Å². The Morgan fingerprint density at radius 3 is 1.75 bits per heavy atom. The van der Waals surface area contributed by atoms with Gasteiger partial charge in [-0.1, -0.05) is 51.1 Å². The van der Waals surface area contributed by atoms with Gasteiger partial charge in [-0.3, -0.25) is 43.2 Å². The van der Waals surface area contributed by atoms with E-state index in [2.05, 4.69) is 31.9 Å². The second-order valence-electron chi connectivity index (χ2n) is 18.1. The van der Waals surface area contributed by atoms with Crippen LogP contribution in [0.15, 0.2) is 30.3 Å². The number of carbonyl (C=O) groups excluding carboxylic acids is 9. The van der Waals surface area contributed by atoms with Crippen LogP contribution >= 0.6 is 0 Å². The van der Waals surface area contributed by atoms with Crippen molar-refractivity contribution in [3.8, 4) is 0 Å². The van der Waals surface area contributed by atoms with Crippen LogP contribution in [0.3, 0.4) is 0 Å². The normalized spacial score (nSPS) is 25.2. The molecule has 0 aromatic heterocycles. The van der Waals surface area contributed by atoms with Gasteiger partial charge < -0.3 is 64.4 Å². The van der Waals surface area contributed by atoms with Crippen molar-refractivity contribution in [3.05, 3.63) is 35.9 Å². The van der Waals surface area contributed by atoms with Crippen molar-refractivity contribution in [2.75, 3.05) is 32.8 Å². The second kappa shape index (κ2) is 30.3. The fourth-order valence-corrected chi connectivity index (χ4v) is 8.07. The van der Waals surface area contributed by atoms with Gasteiger partial charge in [0.1, 0.15) is 18.1 Å². The molecule has 0 spiro atoms. The summed E-state index contributed by atoms with van der Waals surface area (Å²) in [4.78, 5) is 125. The average Bonchev–Trinajstić information content (AvgIpc) is 3.28. The van der Waals surface area contributed by atoms with E-state index in [0.29, 0.717) is 5.56 Å². The fourth-order valence-electron chi connectivity index (χ4n) is 8.07. The number of hydrogen-bond acceptors (Lipinski definition) is 15. The number of aliphatic hydroxyl groups is 3. The Kier molecular flexibility index (Phi) is 26.3. The van der Waals surface area contributed by atoms with E-state index < -0.39 is 145 Å². The van der Waals surface area contributed by atoms with Gasteiger partial charge in [-0.05, 0) is 89.9 Å². The van der Waals surface area contributed by atoms with Gasteiger partial charge >= 0.3 is 0 Å². The Morgan fingerprint density at radius 1 is 0.706 bits per heavy atom. The predicted octanol–water partition coefficient (Wildman–Crippen LogP) is -2.23. The molecule has 68 heavy (non-hydrogen) atoms. The van der Waals surface area contributed by atoms with Gasteiger partial charge in [-0.25, -0.2) is 0 Å². The molecule has 1 fully saturated rings. The quantitative estimate of drug-likeness (QED) is 0.0699. The summed E-state index contributed by atoms with van der Waals surface area (Å²) in [6.45, 7) is 6.63. The molecule has 1 saturated heterocycles. The van der Waals surface area contributed by atoms with Crippen molar-refractivity contribution in [1.82, 2.24) is 31.9 Å². The highest BCUT2D eigenvalue weighted by Crippen LogP contribution is 2.20. The van der Waals surface area contributed by atoms with Gasteiger partial charge in [-0.2, -0.15) is 0 Å². The molecule has 2 rings (SSSR count). The second-order valence-corrected chi connectivity index (χ2v) is 18.1. The van der Waals surface area contributed by atoms with Crippen molar-refractivity contribution < 1.29 is 58.5 Å². The van der Waals surface area contributed by atoms with Crippen LogP contribution in [0.4, 0.5) is 0 Å². The maximum Gasteiger partial charge on any atom is 0.243 e. The summed E-state index contributed by atoms with van der Waals surface area (Å²) in [5.74, 6) is -11.4. The zero-order valence-corrected chi connectivity index (χ0v) is 40.2. The van der Waals surface area contributed by atoms with Crippen LogP contribution in [0, 0.1) is 29.6 Å². The molecule has 1 aromatic rings. The first-order valence-electron chi connectivity index (χ1n) is 23.7. The molecule has 0 aliphatic carbocycles. The van der Waals surface area contributed by atoms with Gasteiger partial charge in [0.05, 0.1) is 42.7 Å². The van der Waals surface area contributed by atoms with E-state index in [4.69, 9.17) is 17.2 Å². The molecule has 21 nitrogen and oxygen atoms in total. The number of benzene rings is 1. The number of ketones is 3. The van der Waals surface area contributed by atoms with E-state index in [1.54, 1.807) is 37.3 Å². The third-order valence-electron chi connectivity index (χ3n) is 12.1. The summed E-state index contributed by atoms with van der Waals surface area (Å²) in [6, 6.07) is 2.30. The van der Waals surface area contributed by atoms with E-state index in [0.717, 1.165) is 0 Å². The Hall–Kier alpha value is -5.19. The molecular formula is C47H77N9O12. The highest BCUT2D eigenvalue weighted by molar-refractivity contribution is 5.98. The maximum atomic E-state index is 14.3. The number of nitrogens with two attached hydrogens (primary N) is 3. The van der Waals surface area contributed by atoms with Crippen molar-refractivity contribution in [3.63, 3.8) is 0 Å². The number of Topliss-reactive ketones (excluding diaryl/α,β-unsaturated/α-hetero) is 3. The largest absolute Gasteiger partial charge is 0.394 e. The molecule has 11 atom stereocenters. The minimum absolute atomic E-state index is 0.0407. The lowest BCUT2D eigenvalue weighted by atomic mass is 9.89. The van der Waals surface area contributed by atoms with Crippen LogP contribution in [-0.2, 0) is 49.6 Å². The number of rotatable bonds is 19. The van der Waals surface area contributed by atoms with E-state index in [1.807, 2.05) is 13.8 Å². The van der Waals surface area contributed by atoms with E-state index in [1.165, 1.54) is 13.8 Å². The molecule has 382 valence electrons. The first-order valence-corrected chi connectivity index (χ1v) is 23.7. The minimum Gasteiger partial charge on any atom is -0.394 e. The number of aliphatic hydroxyl groups excluding tert-OH is 3. The summed E-state index contributed by atoms with van der Waals surface area (Å²) in [7, 11) is 0. The molecule has 0 bridgehead atoms. The Bertz CT molecular complexity index is 1830. The van der Waals surface area contributed by atoms with E-state index in [9.17, 15) is 58.5 Å². The Morgan fingerprint density at radius 2 is 1.22 bits per heavy atom. The monoisotopic (exact) mass is 960 g/mol. The van der Waals surface area contributed by atoms with Crippen molar-refractivity contribution in [2.45, 2.75) is 141 Å². The maximum absolute atomic E-state index is 14.3. The third kappa shape index (κ3) is 19.4. The predicted molar refractivity (Wildman–Crippen MR) is 251 cm³/mol. The van der Waals surface area contributed by atoms with Gasteiger partial charge in [0.2, 0.25) is 35.4 Å². The van der Waals surface area contributed by atoms with Crippen LogP contribution in [0.5, 0.6) is 0 Å². The van der Waals surface area contributed by atoms with Crippen LogP contribution in [0.2, 0.25) is 0 Å². The molecule has 15 N–H and O–H groups in total. The van der Waals surface area contributed by atoms with Gasteiger partial charge in [0.15, 0.2) is 17.3 Å². The molecule has 21 heteroatoms. The summed E-state index contributed by atoms with van der Waals surface area (Å²) in [5, 5.41) is 46.7. The van der Waals surface area contributed by atoms with E-state index >= 15 is 0 Å².